The number of rotatable bonds is 6. The van der Waals surface area contributed by atoms with Crippen LogP contribution in [0, 0.1) is 0 Å². The second-order valence-corrected chi connectivity index (χ2v) is 7.68. The summed E-state index contributed by atoms with van der Waals surface area (Å²) in [5.74, 6) is 2.08. The maximum absolute atomic E-state index is 12.3. The highest BCUT2D eigenvalue weighted by Gasteiger charge is 2.23. The maximum atomic E-state index is 12.3. The summed E-state index contributed by atoms with van der Waals surface area (Å²) < 4.78 is 5.12. The first kappa shape index (κ1) is 21.0. The third-order valence-electron chi connectivity index (χ3n) is 4.90. The molecule has 3 N–H and O–H groups in total. The average molecular weight is 419 g/mol. The Kier molecular flexibility index (Phi) is 6.98. The Hall–Kier alpha value is -2.74. The first-order valence-electron chi connectivity index (χ1n) is 9.62. The fourth-order valence-electron chi connectivity index (χ4n) is 3.33. The first-order valence-corrected chi connectivity index (χ1v) is 10.0. The molecule has 156 valence electrons. The molecule has 2 aromatic rings. The molecular formula is C20H27ClN6O2. The molecule has 9 heteroatoms. The molecule has 0 unspecified atom stereocenters. The molecule has 1 aromatic carbocycles. The zero-order chi connectivity index (χ0) is 20.8. The van der Waals surface area contributed by atoms with Crippen molar-refractivity contribution in [3.8, 4) is 5.75 Å². The number of hydrogen-bond acceptors (Lipinski definition) is 6. The van der Waals surface area contributed by atoms with Gasteiger partial charge in [0, 0.05) is 38.1 Å². The van der Waals surface area contributed by atoms with Crippen LogP contribution in [0.25, 0.3) is 0 Å². The number of benzene rings is 1. The Morgan fingerprint density at radius 1 is 1.17 bits per heavy atom. The number of carbonyl (C=O) groups excluding carboxylic acids is 1. The van der Waals surface area contributed by atoms with E-state index in [1.165, 1.54) is 0 Å². The van der Waals surface area contributed by atoms with Gasteiger partial charge < -0.3 is 25.6 Å². The minimum atomic E-state index is -0.232. The highest BCUT2D eigenvalue weighted by Crippen LogP contribution is 2.27. The van der Waals surface area contributed by atoms with E-state index in [9.17, 15) is 4.79 Å². The minimum absolute atomic E-state index is 0.135. The monoisotopic (exact) mass is 418 g/mol. The summed E-state index contributed by atoms with van der Waals surface area (Å²) in [6.45, 7) is 0. The third-order valence-corrected chi connectivity index (χ3v) is 5.20. The van der Waals surface area contributed by atoms with Crippen LogP contribution >= 0.6 is 11.6 Å². The molecule has 1 aliphatic rings. The largest absolute Gasteiger partial charge is 0.495 e. The number of hydrogen-bond donors (Lipinski definition) is 3. The summed E-state index contributed by atoms with van der Waals surface area (Å²) in [7, 11) is 5.46. The van der Waals surface area contributed by atoms with Gasteiger partial charge in [-0.2, -0.15) is 4.98 Å². The highest BCUT2D eigenvalue weighted by atomic mass is 35.5. The number of nitrogens with zero attached hydrogens (tertiary/aromatic N) is 3. The van der Waals surface area contributed by atoms with Crippen molar-refractivity contribution in [2.24, 2.45) is 0 Å². The van der Waals surface area contributed by atoms with Gasteiger partial charge in [0.05, 0.1) is 12.1 Å². The molecule has 8 nitrogen and oxygen atoms in total. The quantitative estimate of drug-likeness (QED) is 0.661. The summed E-state index contributed by atoms with van der Waals surface area (Å²) in [6, 6.07) is 7.23. The Labute approximate surface area is 176 Å². The normalized spacial score (nSPS) is 18.6. The van der Waals surface area contributed by atoms with Crippen molar-refractivity contribution in [1.29, 1.82) is 0 Å². The standard InChI is InChI=1S/C20H27ClN6O2/c1-27(2)18-10-11-22-19(26-18)23-13-4-6-14(7-5-13)24-20(28)25-15-8-9-17(29-3)16(21)12-15/h8-14H,4-7H2,1-3H3,(H,22,23,26)(H2,24,25,28). The van der Waals surface area contributed by atoms with E-state index < -0.39 is 0 Å². The maximum Gasteiger partial charge on any atom is 0.319 e. The van der Waals surface area contributed by atoms with Gasteiger partial charge >= 0.3 is 6.03 Å². The van der Waals surface area contributed by atoms with Crippen LogP contribution in [0.15, 0.2) is 30.5 Å². The summed E-state index contributed by atoms with van der Waals surface area (Å²) in [4.78, 5) is 23.0. The molecular weight excluding hydrogens is 392 g/mol. The SMILES string of the molecule is COc1ccc(NC(=O)NC2CCC(Nc3nccc(N(C)C)n3)CC2)cc1Cl. The van der Waals surface area contributed by atoms with E-state index in [0.29, 0.717) is 28.4 Å². The molecule has 1 fully saturated rings. The molecule has 0 bridgehead atoms. The van der Waals surface area contributed by atoms with Gasteiger partial charge in [0.2, 0.25) is 5.95 Å². The summed E-state index contributed by atoms with van der Waals surface area (Å²) in [5, 5.41) is 9.71. The highest BCUT2D eigenvalue weighted by molar-refractivity contribution is 6.32. The van der Waals surface area contributed by atoms with Gasteiger partial charge in [0.1, 0.15) is 11.6 Å². The van der Waals surface area contributed by atoms with E-state index in [4.69, 9.17) is 16.3 Å². The van der Waals surface area contributed by atoms with Crippen LogP contribution in [-0.2, 0) is 0 Å². The Bertz CT molecular complexity index is 839. The Balaban J connectivity index is 1.45. The molecule has 1 saturated carbocycles. The van der Waals surface area contributed by atoms with Crippen LogP contribution in [0.3, 0.4) is 0 Å². The van der Waals surface area contributed by atoms with Gasteiger partial charge in [-0.05, 0) is 49.9 Å². The van der Waals surface area contributed by atoms with Crippen molar-refractivity contribution in [2.45, 2.75) is 37.8 Å². The van der Waals surface area contributed by atoms with Crippen molar-refractivity contribution in [1.82, 2.24) is 15.3 Å². The molecule has 29 heavy (non-hydrogen) atoms. The van der Waals surface area contributed by atoms with Crippen LogP contribution in [0.1, 0.15) is 25.7 Å². The fraction of sp³-hybridized carbons (Fsp3) is 0.450. The number of methoxy groups -OCH3 is 1. The second-order valence-electron chi connectivity index (χ2n) is 7.27. The van der Waals surface area contributed by atoms with Gasteiger partial charge in [0.15, 0.2) is 0 Å². The van der Waals surface area contributed by atoms with Crippen molar-refractivity contribution in [3.05, 3.63) is 35.5 Å². The van der Waals surface area contributed by atoms with E-state index in [1.807, 2.05) is 25.1 Å². The molecule has 0 spiro atoms. The third kappa shape index (κ3) is 5.87. The second kappa shape index (κ2) is 9.65. The predicted octanol–water partition coefficient (Wildman–Crippen LogP) is 3.75. The zero-order valence-corrected chi connectivity index (χ0v) is 17.7. The molecule has 0 saturated heterocycles. The first-order chi connectivity index (χ1) is 13.9. The molecule has 1 aliphatic carbocycles. The number of nitrogens with one attached hydrogen (secondary N) is 3. The zero-order valence-electron chi connectivity index (χ0n) is 16.9. The average Bonchev–Trinajstić information content (AvgIpc) is 2.70. The summed E-state index contributed by atoms with van der Waals surface area (Å²) in [5.41, 5.74) is 0.626. The Morgan fingerprint density at radius 2 is 1.90 bits per heavy atom. The fourth-order valence-corrected chi connectivity index (χ4v) is 3.59. The molecule has 0 atom stereocenters. The molecule has 1 aromatic heterocycles. The van der Waals surface area contributed by atoms with E-state index in [0.717, 1.165) is 31.5 Å². The van der Waals surface area contributed by atoms with E-state index in [1.54, 1.807) is 31.5 Å². The van der Waals surface area contributed by atoms with Gasteiger partial charge in [-0.15, -0.1) is 0 Å². The minimum Gasteiger partial charge on any atom is -0.495 e. The topological polar surface area (TPSA) is 91.4 Å². The van der Waals surface area contributed by atoms with Crippen molar-refractivity contribution in [3.63, 3.8) is 0 Å². The van der Waals surface area contributed by atoms with Crippen LogP contribution in [0.2, 0.25) is 5.02 Å². The smallest absolute Gasteiger partial charge is 0.319 e. The Morgan fingerprint density at radius 3 is 2.55 bits per heavy atom. The molecule has 3 rings (SSSR count). The van der Waals surface area contributed by atoms with Gasteiger partial charge in [-0.3, -0.25) is 0 Å². The molecule has 0 radical (unpaired) electrons. The van der Waals surface area contributed by atoms with Crippen LogP contribution < -0.4 is 25.6 Å². The molecule has 0 aliphatic heterocycles. The van der Waals surface area contributed by atoms with Crippen molar-refractivity contribution >= 4 is 35.1 Å². The van der Waals surface area contributed by atoms with E-state index in [2.05, 4.69) is 25.9 Å². The van der Waals surface area contributed by atoms with Crippen LogP contribution in [0.5, 0.6) is 5.75 Å². The number of ether oxygens (including phenoxy) is 1. The van der Waals surface area contributed by atoms with E-state index in [-0.39, 0.29) is 12.1 Å². The lowest BCUT2D eigenvalue weighted by atomic mass is 9.91. The van der Waals surface area contributed by atoms with Crippen LogP contribution in [0.4, 0.5) is 22.2 Å². The van der Waals surface area contributed by atoms with Gasteiger partial charge in [-0.25, -0.2) is 9.78 Å². The lowest BCUT2D eigenvalue weighted by Crippen LogP contribution is -2.42. The number of anilines is 3. The summed E-state index contributed by atoms with van der Waals surface area (Å²) >= 11 is 6.10. The summed E-state index contributed by atoms with van der Waals surface area (Å²) in [6.07, 6.45) is 5.42. The van der Waals surface area contributed by atoms with Crippen molar-refractivity contribution in [2.75, 3.05) is 36.7 Å². The number of aromatic nitrogens is 2. The number of amides is 2. The number of halogens is 1. The van der Waals surface area contributed by atoms with E-state index >= 15 is 0 Å². The van der Waals surface area contributed by atoms with Crippen LogP contribution in [-0.4, -0.2) is 49.3 Å². The number of urea groups is 1. The predicted molar refractivity (Wildman–Crippen MR) is 116 cm³/mol. The lowest BCUT2D eigenvalue weighted by molar-refractivity contribution is 0.243. The molecule has 2 amide bonds. The number of carbonyl (C=O) groups is 1. The van der Waals surface area contributed by atoms with Gasteiger partial charge in [0.25, 0.3) is 0 Å². The lowest BCUT2D eigenvalue weighted by Gasteiger charge is -2.29. The van der Waals surface area contributed by atoms with Gasteiger partial charge in [-0.1, -0.05) is 11.6 Å². The van der Waals surface area contributed by atoms with Crippen molar-refractivity contribution < 1.29 is 9.53 Å². The molecule has 1 heterocycles.